The number of pyridine rings is 2. The van der Waals surface area contributed by atoms with Crippen LogP contribution < -0.4 is 5.32 Å². The van der Waals surface area contributed by atoms with Crippen LogP contribution in [0.4, 0.5) is 4.39 Å². The molecule has 0 radical (unpaired) electrons. The predicted octanol–water partition coefficient (Wildman–Crippen LogP) is 3.23. The highest BCUT2D eigenvalue weighted by Gasteiger charge is 2.32. The average Bonchev–Trinajstić information content (AvgIpc) is 3.36. The minimum absolute atomic E-state index is 0.0210. The van der Waals surface area contributed by atoms with E-state index in [1.807, 2.05) is 12.1 Å². The van der Waals surface area contributed by atoms with Gasteiger partial charge in [-0.1, -0.05) is 6.07 Å². The molecule has 0 unspecified atom stereocenters. The Hall–Kier alpha value is -3.66. The van der Waals surface area contributed by atoms with Crippen LogP contribution in [0.25, 0.3) is 22.3 Å². The molecule has 1 atom stereocenters. The van der Waals surface area contributed by atoms with Crippen molar-refractivity contribution < 1.29 is 17.6 Å². The summed E-state index contributed by atoms with van der Waals surface area (Å²) in [6, 6.07) is 12.6. The van der Waals surface area contributed by atoms with Gasteiger partial charge in [0.1, 0.15) is 5.82 Å². The third-order valence-electron chi connectivity index (χ3n) is 5.93. The summed E-state index contributed by atoms with van der Waals surface area (Å²) in [5, 5.41) is 8.04. The first-order valence-electron chi connectivity index (χ1n) is 10.8. The van der Waals surface area contributed by atoms with Crippen LogP contribution in [-0.4, -0.2) is 45.6 Å². The first kappa shape index (κ1) is 22.1. The highest BCUT2D eigenvalue weighted by atomic mass is 32.2. The number of aryl methyl sites for hydroxylation is 1. The van der Waals surface area contributed by atoms with E-state index in [2.05, 4.69) is 15.4 Å². The third-order valence-corrected chi connectivity index (χ3v) is 7.68. The predicted molar refractivity (Wildman–Crippen MR) is 125 cm³/mol. The van der Waals surface area contributed by atoms with Gasteiger partial charge in [0, 0.05) is 11.8 Å². The molecule has 10 heteroatoms. The second-order valence-electron chi connectivity index (χ2n) is 8.35. The van der Waals surface area contributed by atoms with Gasteiger partial charge < -0.3 is 5.32 Å². The van der Waals surface area contributed by atoms with E-state index in [4.69, 9.17) is 4.98 Å². The van der Waals surface area contributed by atoms with Crippen LogP contribution in [0.3, 0.4) is 0 Å². The number of aromatic nitrogens is 4. The summed E-state index contributed by atoms with van der Waals surface area (Å²) in [6.45, 7) is 2.01. The summed E-state index contributed by atoms with van der Waals surface area (Å²) < 4.78 is 39.3. The third kappa shape index (κ3) is 4.28. The highest BCUT2D eigenvalue weighted by Crippen LogP contribution is 2.32. The number of rotatable bonds is 5. The fraction of sp³-hybridized carbons (Fsp3) is 0.250. The van der Waals surface area contributed by atoms with Crippen LogP contribution >= 0.6 is 0 Å². The molecule has 8 nitrogen and oxygen atoms in total. The van der Waals surface area contributed by atoms with Gasteiger partial charge in [-0.15, -0.1) is 0 Å². The van der Waals surface area contributed by atoms with Gasteiger partial charge in [0.2, 0.25) is 0 Å². The normalized spacial score (nSPS) is 17.2. The van der Waals surface area contributed by atoms with Crippen molar-refractivity contribution in [1.82, 2.24) is 25.1 Å². The summed E-state index contributed by atoms with van der Waals surface area (Å²) in [4.78, 5) is 22.3. The molecule has 1 aliphatic rings. The lowest BCUT2D eigenvalue weighted by atomic mass is 10.0. The molecule has 1 aromatic carbocycles. The zero-order valence-electron chi connectivity index (χ0n) is 18.4. The number of carbonyl (C=O) groups is 1. The summed E-state index contributed by atoms with van der Waals surface area (Å²) in [7, 11) is -3.15. The summed E-state index contributed by atoms with van der Waals surface area (Å²) in [5.41, 5.74) is 3.20. The molecule has 0 bridgehead atoms. The van der Waals surface area contributed by atoms with Gasteiger partial charge >= 0.3 is 0 Å². The van der Waals surface area contributed by atoms with Gasteiger partial charge in [-0.2, -0.15) is 5.10 Å². The second-order valence-corrected chi connectivity index (χ2v) is 10.6. The van der Waals surface area contributed by atoms with E-state index in [9.17, 15) is 17.6 Å². The van der Waals surface area contributed by atoms with Gasteiger partial charge in [-0.3, -0.25) is 9.78 Å². The number of hydrogen-bond acceptors (Lipinski definition) is 6. The standard InChI is InChI=1S/C24H22FN5O3S/c1-15-22-20(24(31)27-13-18-4-2-3-10-26-18)12-21(16-5-7-17(25)8-6-16)28-23(22)30(29-15)19-9-11-34(32,33)14-19/h2-8,10,12,19H,9,11,13-14H2,1H3,(H,27,31)/t19-/m0/s1. The minimum atomic E-state index is -3.15. The highest BCUT2D eigenvalue weighted by molar-refractivity contribution is 7.91. The molecular formula is C24H22FN5O3S. The van der Waals surface area contributed by atoms with E-state index in [0.717, 1.165) is 0 Å². The number of fused-ring (bicyclic) bond motifs is 1. The van der Waals surface area contributed by atoms with Crippen molar-refractivity contribution in [3.63, 3.8) is 0 Å². The monoisotopic (exact) mass is 479 g/mol. The maximum atomic E-state index is 13.5. The average molecular weight is 480 g/mol. The van der Waals surface area contributed by atoms with E-state index < -0.39 is 9.84 Å². The van der Waals surface area contributed by atoms with Gasteiger partial charge in [-0.25, -0.2) is 22.5 Å². The van der Waals surface area contributed by atoms with Crippen LogP contribution in [0.5, 0.6) is 0 Å². The molecule has 1 saturated heterocycles. The molecule has 4 aromatic rings. The van der Waals surface area contributed by atoms with Crippen LogP contribution in [0, 0.1) is 12.7 Å². The lowest BCUT2D eigenvalue weighted by Gasteiger charge is -2.12. The summed E-state index contributed by atoms with van der Waals surface area (Å²) >= 11 is 0. The largest absolute Gasteiger partial charge is 0.346 e. The molecule has 0 aliphatic carbocycles. The Labute approximate surface area is 195 Å². The van der Waals surface area contributed by atoms with E-state index in [1.165, 1.54) is 12.1 Å². The molecule has 1 fully saturated rings. The number of halogens is 1. The molecule has 174 valence electrons. The number of nitrogens with one attached hydrogen (secondary N) is 1. The van der Waals surface area contributed by atoms with Crippen LogP contribution in [0.15, 0.2) is 54.7 Å². The van der Waals surface area contributed by atoms with Crippen molar-refractivity contribution in [2.24, 2.45) is 0 Å². The van der Waals surface area contributed by atoms with E-state index in [1.54, 1.807) is 42.1 Å². The molecule has 0 spiro atoms. The van der Waals surface area contributed by atoms with Crippen molar-refractivity contribution in [3.05, 3.63) is 77.5 Å². The van der Waals surface area contributed by atoms with Gasteiger partial charge in [0.25, 0.3) is 5.91 Å². The van der Waals surface area contributed by atoms with Crippen molar-refractivity contribution in [2.45, 2.75) is 25.9 Å². The van der Waals surface area contributed by atoms with Crippen LogP contribution in [-0.2, 0) is 16.4 Å². The quantitative estimate of drug-likeness (QED) is 0.471. The van der Waals surface area contributed by atoms with Crippen molar-refractivity contribution >= 4 is 26.8 Å². The lowest BCUT2D eigenvalue weighted by molar-refractivity contribution is 0.0952. The van der Waals surface area contributed by atoms with Crippen LogP contribution in [0.2, 0.25) is 0 Å². The Morgan fingerprint density at radius 3 is 2.68 bits per heavy atom. The van der Waals surface area contributed by atoms with Crippen molar-refractivity contribution in [3.8, 4) is 11.3 Å². The van der Waals surface area contributed by atoms with E-state index in [-0.39, 0.29) is 35.8 Å². The Morgan fingerprint density at radius 2 is 2.00 bits per heavy atom. The summed E-state index contributed by atoms with van der Waals surface area (Å²) in [5.74, 6) is -0.640. The van der Waals surface area contributed by atoms with Gasteiger partial charge in [0.15, 0.2) is 15.5 Å². The molecular weight excluding hydrogens is 457 g/mol. The Morgan fingerprint density at radius 1 is 1.21 bits per heavy atom. The summed E-state index contributed by atoms with van der Waals surface area (Å²) in [6.07, 6.45) is 2.09. The zero-order valence-corrected chi connectivity index (χ0v) is 19.2. The van der Waals surface area contributed by atoms with Gasteiger partial charge in [-0.05, 0) is 55.8 Å². The molecule has 5 rings (SSSR count). The van der Waals surface area contributed by atoms with Gasteiger partial charge in [0.05, 0.1) is 52.1 Å². The fourth-order valence-corrected chi connectivity index (χ4v) is 5.94. The van der Waals surface area contributed by atoms with Crippen LogP contribution in [0.1, 0.15) is 34.2 Å². The molecule has 4 heterocycles. The number of benzene rings is 1. The van der Waals surface area contributed by atoms with E-state index in [0.29, 0.717) is 45.7 Å². The number of hydrogen-bond donors (Lipinski definition) is 1. The SMILES string of the molecule is Cc1nn([C@H]2CCS(=O)(=O)C2)c2nc(-c3ccc(F)cc3)cc(C(=O)NCc3ccccn3)c12. The Balaban J connectivity index is 1.62. The lowest BCUT2D eigenvalue weighted by Crippen LogP contribution is -2.24. The Bertz CT molecular complexity index is 1480. The maximum absolute atomic E-state index is 13.5. The van der Waals surface area contributed by atoms with Crippen molar-refractivity contribution in [1.29, 1.82) is 0 Å². The maximum Gasteiger partial charge on any atom is 0.252 e. The second kappa shape index (κ2) is 8.60. The number of amides is 1. The minimum Gasteiger partial charge on any atom is -0.346 e. The molecule has 1 aliphatic heterocycles. The zero-order chi connectivity index (χ0) is 23.9. The molecule has 34 heavy (non-hydrogen) atoms. The molecule has 0 saturated carbocycles. The number of carbonyl (C=O) groups excluding carboxylic acids is 1. The Kier molecular flexibility index (Phi) is 5.60. The smallest absolute Gasteiger partial charge is 0.252 e. The topological polar surface area (TPSA) is 107 Å². The molecule has 3 aromatic heterocycles. The first-order valence-corrected chi connectivity index (χ1v) is 12.7. The molecule has 1 amide bonds. The first-order chi connectivity index (χ1) is 16.3. The van der Waals surface area contributed by atoms with Crippen molar-refractivity contribution in [2.75, 3.05) is 11.5 Å². The fourth-order valence-electron chi connectivity index (χ4n) is 4.25. The molecule has 1 N–H and O–H groups in total. The number of sulfone groups is 1. The number of nitrogens with zero attached hydrogens (tertiary/aromatic N) is 4. The van der Waals surface area contributed by atoms with E-state index >= 15 is 0 Å².